The molecule has 2 aromatic rings. The Labute approximate surface area is 168 Å². The van der Waals surface area contributed by atoms with Crippen molar-refractivity contribution in [3.05, 3.63) is 40.3 Å². The van der Waals surface area contributed by atoms with Crippen LogP contribution in [-0.4, -0.2) is 53.4 Å². The molecule has 0 bridgehead atoms. The van der Waals surface area contributed by atoms with E-state index in [2.05, 4.69) is 41.4 Å². The van der Waals surface area contributed by atoms with E-state index in [1.807, 2.05) is 23.6 Å². The number of carbonyl (C=O) groups excluding carboxylic acids is 1. The topological polar surface area (TPSA) is 85.4 Å². The molecule has 1 amide bonds. The third-order valence-electron chi connectivity index (χ3n) is 5.05. The molecule has 28 heavy (non-hydrogen) atoms. The maximum absolute atomic E-state index is 12.3. The molecule has 2 fully saturated rings. The number of aromatic nitrogens is 2. The minimum Gasteiger partial charge on any atom is -0.371 e. The van der Waals surface area contributed by atoms with Crippen molar-refractivity contribution in [2.75, 3.05) is 18.5 Å². The van der Waals surface area contributed by atoms with Gasteiger partial charge in [-0.25, -0.2) is 9.97 Å². The molecule has 2 saturated heterocycles. The summed E-state index contributed by atoms with van der Waals surface area (Å²) < 4.78 is 11.9. The summed E-state index contributed by atoms with van der Waals surface area (Å²) in [5.74, 6) is 0.577. The first-order valence-corrected chi connectivity index (χ1v) is 10.4. The van der Waals surface area contributed by atoms with Crippen LogP contribution in [0, 0.1) is 0 Å². The lowest BCUT2D eigenvalue weighted by atomic mass is 9.92. The Morgan fingerprint density at radius 3 is 2.68 bits per heavy atom. The van der Waals surface area contributed by atoms with Gasteiger partial charge in [-0.3, -0.25) is 4.79 Å². The molecule has 0 saturated carbocycles. The second-order valence-electron chi connectivity index (χ2n) is 8.29. The third-order valence-corrected chi connectivity index (χ3v) is 5.93. The van der Waals surface area contributed by atoms with Gasteiger partial charge < -0.3 is 20.1 Å². The molecule has 0 aromatic carbocycles. The van der Waals surface area contributed by atoms with Gasteiger partial charge in [0.05, 0.1) is 37.4 Å². The largest absolute Gasteiger partial charge is 0.371 e. The van der Waals surface area contributed by atoms with Gasteiger partial charge in [0.1, 0.15) is 12.2 Å². The van der Waals surface area contributed by atoms with Gasteiger partial charge in [-0.15, -0.1) is 11.3 Å². The summed E-state index contributed by atoms with van der Waals surface area (Å²) in [5, 5.41) is 8.39. The SMILES string of the molecule is CC(C)(C)c1ccnc(NC2COC3C(NC(=O)Cc4cccs4)COC23)n1. The predicted molar refractivity (Wildman–Crippen MR) is 108 cm³/mol. The van der Waals surface area contributed by atoms with Gasteiger partial charge in [-0.1, -0.05) is 26.8 Å². The third kappa shape index (κ3) is 4.19. The zero-order chi connectivity index (χ0) is 19.7. The zero-order valence-electron chi connectivity index (χ0n) is 16.3. The number of carbonyl (C=O) groups is 1. The van der Waals surface area contributed by atoms with Gasteiger partial charge in [0.25, 0.3) is 0 Å². The Morgan fingerprint density at radius 1 is 1.21 bits per heavy atom. The van der Waals surface area contributed by atoms with Gasteiger partial charge in [0.15, 0.2) is 0 Å². The first-order valence-electron chi connectivity index (χ1n) is 9.55. The summed E-state index contributed by atoms with van der Waals surface area (Å²) in [4.78, 5) is 22.3. The molecule has 2 aromatic heterocycles. The van der Waals surface area contributed by atoms with Gasteiger partial charge in [0.2, 0.25) is 11.9 Å². The van der Waals surface area contributed by atoms with Crippen LogP contribution in [0.4, 0.5) is 5.95 Å². The van der Waals surface area contributed by atoms with E-state index in [0.29, 0.717) is 25.6 Å². The molecule has 2 N–H and O–H groups in total. The predicted octanol–water partition coefficient (Wildman–Crippen LogP) is 2.14. The van der Waals surface area contributed by atoms with Crippen molar-refractivity contribution < 1.29 is 14.3 Å². The first-order chi connectivity index (χ1) is 13.4. The number of hydrogen-bond donors (Lipinski definition) is 2. The van der Waals surface area contributed by atoms with Crippen LogP contribution in [0.25, 0.3) is 0 Å². The highest BCUT2D eigenvalue weighted by Gasteiger charge is 2.48. The van der Waals surface area contributed by atoms with Crippen LogP contribution in [0.15, 0.2) is 29.8 Å². The Bertz CT molecular complexity index is 821. The Hall–Kier alpha value is -2.03. The average molecular weight is 403 g/mol. The quantitative estimate of drug-likeness (QED) is 0.797. The monoisotopic (exact) mass is 402 g/mol. The van der Waals surface area contributed by atoms with E-state index in [-0.39, 0.29) is 35.6 Å². The van der Waals surface area contributed by atoms with E-state index in [1.54, 1.807) is 17.5 Å². The summed E-state index contributed by atoms with van der Waals surface area (Å²) >= 11 is 1.59. The number of fused-ring (bicyclic) bond motifs is 1. The summed E-state index contributed by atoms with van der Waals surface area (Å²) in [5.41, 5.74) is 0.933. The van der Waals surface area contributed by atoms with Gasteiger partial charge in [0, 0.05) is 16.5 Å². The fourth-order valence-electron chi connectivity index (χ4n) is 3.59. The van der Waals surface area contributed by atoms with E-state index in [0.717, 1.165) is 10.6 Å². The molecule has 4 heterocycles. The lowest BCUT2D eigenvalue weighted by molar-refractivity contribution is -0.121. The van der Waals surface area contributed by atoms with E-state index in [9.17, 15) is 4.79 Å². The molecular formula is C20H26N4O3S. The summed E-state index contributed by atoms with van der Waals surface area (Å²) in [7, 11) is 0. The standard InChI is InChI=1S/C20H26N4O3S/c1-20(2,3)15-6-7-21-19(24-15)23-14-11-27-17-13(10-26-18(14)17)22-16(25)9-12-5-4-8-28-12/h4-8,13-14,17-18H,9-11H2,1-3H3,(H,22,25)(H,21,23,24). The molecule has 4 rings (SSSR count). The van der Waals surface area contributed by atoms with E-state index in [1.165, 1.54) is 0 Å². The van der Waals surface area contributed by atoms with Crippen molar-refractivity contribution in [2.24, 2.45) is 0 Å². The average Bonchev–Trinajstić information content (AvgIpc) is 3.36. The number of nitrogens with zero attached hydrogens (tertiary/aromatic N) is 2. The van der Waals surface area contributed by atoms with Gasteiger partial charge in [-0.05, 0) is 17.5 Å². The van der Waals surface area contributed by atoms with Crippen LogP contribution >= 0.6 is 11.3 Å². The van der Waals surface area contributed by atoms with Crippen molar-refractivity contribution in [1.29, 1.82) is 0 Å². The first kappa shape index (κ1) is 19.3. The van der Waals surface area contributed by atoms with E-state index < -0.39 is 0 Å². The normalized spacial score (nSPS) is 26.8. The highest BCUT2D eigenvalue weighted by molar-refractivity contribution is 7.10. The van der Waals surface area contributed by atoms with E-state index in [4.69, 9.17) is 9.47 Å². The lowest BCUT2D eigenvalue weighted by Gasteiger charge is -2.21. The molecular weight excluding hydrogens is 376 g/mol. The van der Waals surface area contributed by atoms with Crippen LogP contribution in [0.5, 0.6) is 0 Å². The number of thiophene rings is 1. The maximum Gasteiger partial charge on any atom is 0.225 e. The summed E-state index contributed by atoms with van der Waals surface area (Å²) in [6.07, 6.45) is 1.87. The molecule has 4 atom stereocenters. The van der Waals surface area contributed by atoms with Crippen molar-refractivity contribution in [3.63, 3.8) is 0 Å². The molecule has 4 unspecified atom stereocenters. The highest BCUT2D eigenvalue weighted by atomic mass is 32.1. The minimum absolute atomic E-state index is 0.00193. The number of rotatable bonds is 5. The molecule has 7 nitrogen and oxygen atoms in total. The Kier molecular flexibility index (Phi) is 5.35. The van der Waals surface area contributed by atoms with Gasteiger partial charge in [-0.2, -0.15) is 0 Å². The summed E-state index contributed by atoms with van der Waals surface area (Å²) in [6.45, 7) is 7.31. The molecule has 2 aliphatic rings. The second-order valence-corrected chi connectivity index (χ2v) is 9.32. The van der Waals surface area contributed by atoms with Crippen molar-refractivity contribution in [2.45, 2.75) is 56.9 Å². The highest BCUT2D eigenvalue weighted by Crippen LogP contribution is 2.29. The molecule has 0 spiro atoms. The van der Waals surface area contributed by atoms with Crippen LogP contribution < -0.4 is 10.6 Å². The molecule has 8 heteroatoms. The number of amides is 1. The Balaban J connectivity index is 1.35. The minimum atomic E-state index is -0.157. The summed E-state index contributed by atoms with van der Waals surface area (Å²) in [6, 6.07) is 5.68. The molecule has 2 aliphatic heterocycles. The van der Waals surface area contributed by atoms with Crippen LogP contribution in [0.1, 0.15) is 31.3 Å². The van der Waals surface area contributed by atoms with Crippen molar-refractivity contribution in [1.82, 2.24) is 15.3 Å². The number of nitrogens with one attached hydrogen (secondary N) is 2. The second kappa shape index (κ2) is 7.77. The molecule has 0 aliphatic carbocycles. The molecule has 150 valence electrons. The maximum atomic E-state index is 12.3. The van der Waals surface area contributed by atoms with Crippen LogP contribution in [0.2, 0.25) is 0 Å². The fourth-order valence-corrected chi connectivity index (χ4v) is 4.29. The number of ether oxygens (including phenoxy) is 2. The van der Waals surface area contributed by atoms with Crippen LogP contribution in [0.3, 0.4) is 0 Å². The number of hydrogen-bond acceptors (Lipinski definition) is 7. The molecule has 0 radical (unpaired) electrons. The fraction of sp³-hybridized carbons (Fsp3) is 0.550. The van der Waals surface area contributed by atoms with Crippen molar-refractivity contribution in [3.8, 4) is 0 Å². The van der Waals surface area contributed by atoms with Gasteiger partial charge >= 0.3 is 0 Å². The smallest absolute Gasteiger partial charge is 0.225 e. The van der Waals surface area contributed by atoms with Crippen LogP contribution in [-0.2, 0) is 26.1 Å². The number of anilines is 1. The zero-order valence-corrected chi connectivity index (χ0v) is 17.2. The lowest BCUT2D eigenvalue weighted by Crippen LogP contribution is -2.45. The van der Waals surface area contributed by atoms with Crippen molar-refractivity contribution >= 4 is 23.2 Å². The Morgan fingerprint density at radius 2 is 1.96 bits per heavy atom. The van der Waals surface area contributed by atoms with E-state index >= 15 is 0 Å².